The normalized spacial score (nSPS) is 11.5. The highest BCUT2D eigenvalue weighted by Crippen LogP contribution is 2.22. The number of rotatable bonds is 8. The van der Waals surface area contributed by atoms with E-state index in [9.17, 15) is 0 Å². The topological polar surface area (TPSA) is 8.88 Å². The van der Waals surface area contributed by atoms with Crippen molar-refractivity contribution in [1.29, 1.82) is 0 Å². The Balaban J connectivity index is 2.13. The van der Waals surface area contributed by atoms with Gasteiger partial charge in [-0.15, -0.1) is 0 Å². The third-order valence-electron chi connectivity index (χ3n) is 4.12. The Labute approximate surface area is 170 Å². The van der Waals surface area contributed by atoms with Crippen molar-refractivity contribution in [2.45, 2.75) is 19.5 Å². The number of hydrogen-bond acceptors (Lipinski definition) is 0. The second kappa shape index (κ2) is 10.0. The summed E-state index contributed by atoms with van der Waals surface area (Å²) < 4.78 is 0. The van der Waals surface area contributed by atoms with Crippen LogP contribution in [0.2, 0.25) is 20.1 Å². The molecule has 2 rings (SSSR count). The van der Waals surface area contributed by atoms with Gasteiger partial charge in [-0.05, 0) is 24.3 Å². The van der Waals surface area contributed by atoms with Crippen LogP contribution < -0.4 is 9.80 Å². The number of nitrogens with one attached hydrogen (secondary N) is 2. The number of hydrogen-bond donors (Lipinski definition) is 2. The van der Waals surface area contributed by atoms with Gasteiger partial charge in [0.15, 0.2) is 0 Å². The molecule has 0 spiro atoms. The Morgan fingerprint density at radius 3 is 1.60 bits per heavy atom. The zero-order chi connectivity index (χ0) is 18.4. The Morgan fingerprint density at radius 1 is 0.720 bits per heavy atom. The molecule has 0 bridgehead atoms. The predicted molar refractivity (Wildman–Crippen MR) is 108 cm³/mol. The molecule has 2 aromatic carbocycles. The molecule has 0 saturated heterocycles. The number of halogens is 4. The molecule has 0 aromatic heterocycles. The van der Waals surface area contributed by atoms with E-state index in [-0.39, 0.29) is 0 Å². The van der Waals surface area contributed by atoms with Gasteiger partial charge in [0.2, 0.25) is 0 Å². The first-order valence-electron chi connectivity index (χ1n) is 8.35. The average Bonchev–Trinajstić information content (AvgIpc) is 2.52. The minimum Gasteiger partial charge on any atom is -0.340 e. The molecule has 0 saturated carbocycles. The molecule has 2 nitrogen and oxygen atoms in total. The monoisotopic (exact) mass is 420 g/mol. The molecule has 0 fully saturated rings. The van der Waals surface area contributed by atoms with Crippen LogP contribution in [0.25, 0.3) is 0 Å². The summed E-state index contributed by atoms with van der Waals surface area (Å²) in [6.07, 6.45) is 1.13. The van der Waals surface area contributed by atoms with E-state index >= 15 is 0 Å². The van der Waals surface area contributed by atoms with Crippen molar-refractivity contribution in [3.8, 4) is 0 Å². The van der Waals surface area contributed by atoms with E-state index < -0.39 is 0 Å². The lowest BCUT2D eigenvalue weighted by Crippen LogP contribution is -3.11. The first-order chi connectivity index (χ1) is 11.8. The molecule has 0 amide bonds. The Morgan fingerprint density at radius 2 is 1.20 bits per heavy atom. The summed E-state index contributed by atoms with van der Waals surface area (Å²) in [4.78, 5) is 2.86. The molecule has 25 heavy (non-hydrogen) atoms. The molecule has 0 heterocycles. The smallest absolute Gasteiger partial charge is 0.105 e. The van der Waals surface area contributed by atoms with Gasteiger partial charge in [-0.2, -0.15) is 0 Å². The molecule has 136 valence electrons. The molecule has 0 aliphatic heterocycles. The maximum Gasteiger partial charge on any atom is 0.105 e. The van der Waals surface area contributed by atoms with Gasteiger partial charge in [0.05, 0.1) is 37.2 Å². The van der Waals surface area contributed by atoms with E-state index in [0.717, 1.165) is 43.7 Å². The minimum atomic E-state index is 0.659. The molecule has 0 aliphatic carbocycles. The lowest BCUT2D eigenvalue weighted by Gasteiger charge is -2.21. The highest BCUT2D eigenvalue weighted by atomic mass is 35.5. The molecule has 2 aromatic rings. The first kappa shape index (κ1) is 20.8. The summed E-state index contributed by atoms with van der Waals surface area (Å²) in [7, 11) is 4.34. The van der Waals surface area contributed by atoms with Crippen LogP contribution in [0.15, 0.2) is 36.4 Å². The Kier molecular flexibility index (Phi) is 8.34. The molecule has 0 aliphatic rings. The van der Waals surface area contributed by atoms with Crippen LogP contribution in [0.4, 0.5) is 0 Å². The van der Waals surface area contributed by atoms with Gasteiger partial charge in [-0.1, -0.05) is 58.5 Å². The third-order valence-corrected chi connectivity index (χ3v) is 5.29. The van der Waals surface area contributed by atoms with Crippen LogP contribution in [-0.2, 0) is 13.1 Å². The number of benzene rings is 2. The molecule has 2 N–H and O–H groups in total. The Bertz CT molecular complexity index is 650. The summed E-state index contributed by atoms with van der Waals surface area (Å²) in [5.41, 5.74) is 2.20. The largest absolute Gasteiger partial charge is 0.340 e. The van der Waals surface area contributed by atoms with Gasteiger partial charge in [0.25, 0.3) is 0 Å². The van der Waals surface area contributed by atoms with Crippen molar-refractivity contribution in [3.05, 3.63) is 67.6 Å². The highest BCUT2D eigenvalue weighted by Gasteiger charge is 2.16. The standard InChI is InChI=1S/C19H22Cl4N2/c1-24(2)8-3-9-25(12-14-4-6-16(20)10-18(14)22)13-15-5-7-17(21)11-19(15)23/h4-7,10-11H,3,8-9,12-13H2,1-2H3/p+2. The fraction of sp³-hybridized carbons (Fsp3) is 0.368. The second-order valence-electron chi connectivity index (χ2n) is 6.64. The number of quaternary nitrogens is 2. The van der Waals surface area contributed by atoms with Crippen molar-refractivity contribution >= 4 is 46.4 Å². The summed E-state index contributed by atoms with van der Waals surface area (Å²) in [5.74, 6) is 0. The average molecular weight is 422 g/mol. The van der Waals surface area contributed by atoms with Crippen LogP contribution >= 0.6 is 46.4 Å². The fourth-order valence-corrected chi connectivity index (χ4v) is 3.75. The van der Waals surface area contributed by atoms with Gasteiger partial charge >= 0.3 is 0 Å². The molecule has 0 unspecified atom stereocenters. The van der Waals surface area contributed by atoms with E-state index in [4.69, 9.17) is 46.4 Å². The third kappa shape index (κ3) is 6.97. The van der Waals surface area contributed by atoms with Crippen LogP contribution in [0.3, 0.4) is 0 Å². The van der Waals surface area contributed by atoms with E-state index in [0.29, 0.717) is 20.1 Å². The first-order valence-corrected chi connectivity index (χ1v) is 9.87. The fourth-order valence-electron chi connectivity index (χ4n) is 2.80. The van der Waals surface area contributed by atoms with Gasteiger partial charge in [0, 0.05) is 27.6 Å². The van der Waals surface area contributed by atoms with Crippen molar-refractivity contribution in [2.24, 2.45) is 0 Å². The van der Waals surface area contributed by atoms with Gasteiger partial charge < -0.3 is 9.80 Å². The van der Waals surface area contributed by atoms with E-state index in [2.05, 4.69) is 14.1 Å². The lowest BCUT2D eigenvalue weighted by molar-refractivity contribution is -0.932. The van der Waals surface area contributed by atoms with Crippen LogP contribution in [-0.4, -0.2) is 27.2 Å². The maximum atomic E-state index is 6.37. The second-order valence-corrected chi connectivity index (χ2v) is 8.32. The zero-order valence-corrected chi connectivity index (χ0v) is 17.5. The maximum absolute atomic E-state index is 6.37. The lowest BCUT2D eigenvalue weighted by atomic mass is 10.1. The van der Waals surface area contributed by atoms with Gasteiger partial charge in [-0.25, -0.2) is 0 Å². The molecule has 6 heteroatoms. The Hall–Kier alpha value is -0.480. The van der Waals surface area contributed by atoms with E-state index in [1.54, 1.807) is 12.1 Å². The predicted octanol–water partition coefficient (Wildman–Crippen LogP) is 3.42. The van der Waals surface area contributed by atoms with Gasteiger partial charge in [-0.3, -0.25) is 0 Å². The zero-order valence-electron chi connectivity index (χ0n) is 14.5. The van der Waals surface area contributed by atoms with Crippen molar-refractivity contribution in [1.82, 2.24) is 0 Å². The van der Waals surface area contributed by atoms with Crippen molar-refractivity contribution in [2.75, 3.05) is 27.2 Å². The molecule has 0 radical (unpaired) electrons. The SMILES string of the molecule is C[NH+](C)CCC[NH+](Cc1ccc(Cl)cc1Cl)Cc1ccc(Cl)cc1Cl. The summed E-state index contributed by atoms with van der Waals surface area (Å²) >= 11 is 24.8. The summed E-state index contributed by atoms with van der Waals surface area (Å²) in [6, 6.07) is 11.4. The van der Waals surface area contributed by atoms with Crippen molar-refractivity contribution in [3.63, 3.8) is 0 Å². The van der Waals surface area contributed by atoms with Crippen LogP contribution in [0, 0.1) is 0 Å². The quantitative estimate of drug-likeness (QED) is 0.646. The molecular formula is C19H24Cl4N2+2. The van der Waals surface area contributed by atoms with E-state index in [1.165, 1.54) is 9.80 Å². The summed E-state index contributed by atoms with van der Waals surface area (Å²) in [6.45, 7) is 3.84. The van der Waals surface area contributed by atoms with E-state index in [1.807, 2.05) is 24.3 Å². The van der Waals surface area contributed by atoms with Crippen LogP contribution in [0.5, 0.6) is 0 Å². The minimum absolute atomic E-state index is 0.659. The van der Waals surface area contributed by atoms with Crippen molar-refractivity contribution < 1.29 is 9.80 Å². The van der Waals surface area contributed by atoms with Crippen LogP contribution in [0.1, 0.15) is 17.5 Å². The highest BCUT2D eigenvalue weighted by molar-refractivity contribution is 6.35. The molecular weight excluding hydrogens is 398 g/mol. The van der Waals surface area contributed by atoms with Gasteiger partial charge in [0.1, 0.15) is 13.1 Å². The molecule has 0 atom stereocenters. The summed E-state index contributed by atoms with van der Waals surface area (Å²) in [5, 5.41) is 2.75.